The van der Waals surface area contributed by atoms with Crippen molar-refractivity contribution in [1.29, 1.82) is 0 Å². The molecule has 0 aliphatic heterocycles. The third-order valence-electron chi connectivity index (χ3n) is 11.6. The first-order valence-corrected chi connectivity index (χ1v) is 41.4. The van der Waals surface area contributed by atoms with Gasteiger partial charge in [-0.05, 0) is 124 Å². The summed E-state index contributed by atoms with van der Waals surface area (Å²) in [6.07, 6.45) is 12.2. The van der Waals surface area contributed by atoms with Gasteiger partial charge in [0.2, 0.25) is 0 Å². The second kappa shape index (κ2) is 56.9. The molecule has 0 unspecified atom stereocenters. The minimum atomic E-state index is -3.27. The standard InChI is InChI=1S/2C18H15P.4C8H9O2S.4CH2Cl2.H4N2.2Pd/c2*1-4-10-16(11-5-1)19(17-12-6-2-7-13-17)18-14-8-3-9-15-18;4*1-7-3-5-8(6-4-7)11(2,9)10;4*2-1-3;1-2;;/h2*1-15H;4*3-6H,2H2,1H3;4*1H2;1-2H2;;/q;;4*-1;;;;;;2*+2. The maximum absolute atomic E-state index is 10.8. The van der Waals surface area contributed by atoms with Crippen molar-refractivity contribution < 1.29 is 74.5 Å². The summed E-state index contributed by atoms with van der Waals surface area (Å²) in [4.78, 5) is 1.07. The summed E-state index contributed by atoms with van der Waals surface area (Å²) in [5.74, 6) is 8.00. The van der Waals surface area contributed by atoms with Crippen LogP contribution in [0.1, 0.15) is 22.3 Å². The molecule has 0 spiro atoms. The van der Waals surface area contributed by atoms with Crippen molar-refractivity contribution >= 4 is 180 Å². The van der Waals surface area contributed by atoms with E-state index < -0.39 is 55.2 Å². The van der Waals surface area contributed by atoms with Crippen LogP contribution >= 0.6 is 109 Å². The molecule has 0 atom stereocenters. The molecule has 10 nitrogen and oxygen atoms in total. The van der Waals surface area contributed by atoms with Gasteiger partial charge in [-0.2, -0.15) is 0 Å². The van der Waals surface area contributed by atoms with E-state index in [0.29, 0.717) is 0 Å². The first kappa shape index (κ1) is 98.6. The Labute approximate surface area is 654 Å². The van der Waals surface area contributed by atoms with Crippen LogP contribution in [0.4, 0.5) is 0 Å². The van der Waals surface area contributed by atoms with Crippen LogP contribution in [0.25, 0.3) is 0 Å². The van der Waals surface area contributed by atoms with Gasteiger partial charge in [0.1, 0.15) is 0 Å². The van der Waals surface area contributed by atoms with Crippen molar-refractivity contribution in [3.63, 3.8) is 0 Å². The van der Waals surface area contributed by atoms with Gasteiger partial charge in [0.05, 0.1) is 21.4 Å². The number of halogens is 8. The molecule has 0 fully saturated rings. The van der Waals surface area contributed by atoms with E-state index in [4.69, 9.17) is 92.8 Å². The number of rotatable bonds is 10. The van der Waals surface area contributed by atoms with Crippen molar-refractivity contribution in [2.45, 2.75) is 47.3 Å². The minimum Gasteiger partial charge on any atom is -0.274 e. The van der Waals surface area contributed by atoms with Crippen LogP contribution in [0.2, 0.25) is 0 Å². The fourth-order valence-corrected chi connectivity index (χ4v) is 14.2. The number of benzene rings is 10. The first-order chi connectivity index (χ1) is 45.6. The van der Waals surface area contributed by atoms with Crippen LogP contribution in [0.15, 0.2) is 299 Å². The van der Waals surface area contributed by atoms with Crippen molar-refractivity contribution in [1.82, 2.24) is 0 Å². The molecule has 534 valence electrons. The van der Waals surface area contributed by atoms with E-state index in [9.17, 15) is 33.7 Å². The van der Waals surface area contributed by atoms with E-state index in [1.807, 2.05) is 27.7 Å². The SMILES string of the molecule is ClCCl.ClCCl.ClCCl.ClCCl.NN.[CH2-]S(=O)(=O)c1ccc(C)cc1.[CH2-]S(=O)(=O)c1ccc(C)cc1.[CH2-]S(=O)(=O)c1ccc(C)cc1.[CH2-]S(=O)(=O)c1ccc(C)cc1.[Pd+2].[Pd+2].c1ccc(P(c2ccccc2)c2ccccc2)cc1.c1ccc(P(c2ccccc2)c2ccccc2)cc1. The predicted molar refractivity (Wildman–Crippen MR) is 420 cm³/mol. The number of hydrogen-bond donors (Lipinski definition) is 2. The second-order valence-electron chi connectivity index (χ2n) is 18.8. The summed E-state index contributed by atoms with van der Waals surface area (Å²) in [7, 11) is -14.0. The van der Waals surface area contributed by atoms with Crippen molar-refractivity contribution in [2.75, 3.05) is 21.4 Å². The predicted octanol–water partition coefficient (Wildman–Crippen LogP) is 17.6. The molecule has 4 N–H and O–H groups in total. The molecule has 26 heteroatoms. The maximum Gasteiger partial charge on any atom is 2.00 e. The Kier molecular flexibility index (Phi) is 57.3. The van der Waals surface area contributed by atoms with Gasteiger partial charge < -0.3 is 0 Å². The molecule has 0 amide bonds. The number of alkyl halides is 8. The minimum absolute atomic E-state index is 0. The van der Waals surface area contributed by atoms with Crippen molar-refractivity contribution in [3.8, 4) is 0 Å². The van der Waals surface area contributed by atoms with Gasteiger partial charge >= 0.3 is 40.8 Å². The van der Waals surface area contributed by atoms with Crippen LogP contribution in [0, 0.1) is 52.7 Å². The Morgan fingerprint density at radius 3 is 0.439 bits per heavy atom. The van der Waals surface area contributed by atoms with Gasteiger partial charge in [0, 0.05) is 58.9 Å². The summed E-state index contributed by atoms with van der Waals surface area (Å²) in [5.41, 5.74) is 4.16. The van der Waals surface area contributed by atoms with Crippen LogP contribution in [-0.4, -0.2) is 55.0 Å². The van der Waals surface area contributed by atoms with Crippen molar-refractivity contribution in [3.05, 3.63) is 326 Å². The number of nitrogens with two attached hydrogens (primary N) is 2. The fraction of sp³-hybridized carbons (Fsp3) is 0.111. The monoisotopic (exact) mass is 1780 g/mol. The molecular formula is C72H78Cl8N2O8P2Pd2S4. The summed E-state index contributed by atoms with van der Waals surface area (Å²) in [6.45, 7) is 7.61. The normalized spacial score (nSPS) is 10.0. The molecule has 98 heavy (non-hydrogen) atoms. The smallest absolute Gasteiger partial charge is 0.274 e. The van der Waals surface area contributed by atoms with Gasteiger partial charge in [-0.25, -0.2) is 25.0 Å². The summed E-state index contributed by atoms with van der Waals surface area (Å²) >= 11 is 38.1. The van der Waals surface area contributed by atoms with Crippen LogP contribution in [0.5, 0.6) is 0 Å². The van der Waals surface area contributed by atoms with E-state index in [2.05, 4.69) is 219 Å². The quantitative estimate of drug-likeness (QED) is 0.0333. The number of hydrogen-bond acceptors (Lipinski definition) is 10. The Hall–Kier alpha value is -3.58. The average Bonchev–Trinajstić information content (AvgIpc) is 0.837. The van der Waals surface area contributed by atoms with Crippen LogP contribution in [0.3, 0.4) is 0 Å². The maximum atomic E-state index is 10.8. The first-order valence-electron chi connectivity index (χ1n) is 27.9. The molecule has 0 bridgehead atoms. The summed E-state index contributed by atoms with van der Waals surface area (Å²) in [6, 6.07) is 91.1. The van der Waals surface area contributed by atoms with E-state index in [1.54, 1.807) is 97.1 Å². The van der Waals surface area contributed by atoms with E-state index in [0.717, 1.165) is 22.3 Å². The molecule has 0 aliphatic carbocycles. The van der Waals surface area contributed by atoms with Gasteiger partial charge in [0.15, 0.2) is 0 Å². The van der Waals surface area contributed by atoms with Gasteiger partial charge in [-0.1, -0.05) is 253 Å². The largest absolute Gasteiger partial charge is 2.00 e. The van der Waals surface area contributed by atoms with E-state index in [1.165, 1.54) is 31.8 Å². The summed E-state index contributed by atoms with van der Waals surface area (Å²) < 4.78 is 86.7. The molecule has 0 saturated heterocycles. The molecule has 10 aromatic rings. The molecular weight excluding hydrogens is 1710 g/mol. The molecule has 0 saturated carbocycles. The van der Waals surface area contributed by atoms with E-state index in [-0.39, 0.29) is 81.8 Å². The molecule has 0 aliphatic rings. The van der Waals surface area contributed by atoms with Crippen LogP contribution < -0.4 is 43.5 Å². The molecule has 10 aromatic carbocycles. The second-order valence-corrected chi connectivity index (χ2v) is 33.3. The zero-order valence-corrected chi connectivity index (χ0v) is 68.0. The molecule has 0 heterocycles. The van der Waals surface area contributed by atoms with Gasteiger partial charge in [0.25, 0.3) is 0 Å². The number of aryl methyl sites for hydroxylation is 4. The third-order valence-corrected chi connectivity index (χ3v) is 20.5. The Morgan fingerprint density at radius 2 is 0.347 bits per heavy atom. The number of sulfone groups is 4. The Balaban J connectivity index is -0.00000108. The third kappa shape index (κ3) is 44.1. The van der Waals surface area contributed by atoms with Gasteiger partial charge in [-0.3, -0.25) is 45.4 Å². The Morgan fingerprint density at radius 1 is 0.245 bits per heavy atom. The van der Waals surface area contributed by atoms with Crippen molar-refractivity contribution in [2.24, 2.45) is 11.7 Å². The van der Waals surface area contributed by atoms with E-state index >= 15 is 0 Å². The van der Waals surface area contributed by atoms with Gasteiger partial charge in [-0.15, -0.1) is 92.8 Å². The molecule has 0 aromatic heterocycles. The average molecular weight is 1790 g/mol. The molecule has 0 radical (unpaired) electrons. The fourth-order valence-electron chi connectivity index (χ4n) is 7.34. The summed E-state index contributed by atoms with van der Waals surface area (Å²) in [5, 5.41) is 9.17. The van der Waals surface area contributed by atoms with Crippen LogP contribution in [-0.2, 0) is 80.2 Å². The topological polar surface area (TPSA) is 189 Å². The Bertz CT molecular complexity index is 3480. The zero-order chi connectivity index (χ0) is 72.6. The zero-order valence-electron chi connectivity index (χ0n) is 53.8. The number of hydrazine groups is 1. The molecule has 10 rings (SSSR count).